The van der Waals surface area contributed by atoms with Crippen LogP contribution in [0.3, 0.4) is 0 Å². The summed E-state index contributed by atoms with van der Waals surface area (Å²) in [7, 11) is 4.79. The lowest BCUT2D eigenvalue weighted by Crippen LogP contribution is -2.15. The first-order valence-electron chi connectivity index (χ1n) is 10.4. The zero-order valence-corrected chi connectivity index (χ0v) is 19.7. The number of rotatable bonds is 6. The van der Waals surface area contributed by atoms with Crippen molar-refractivity contribution in [3.63, 3.8) is 0 Å². The molecule has 0 bridgehead atoms. The summed E-state index contributed by atoms with van der Waals surface area (Å²) >= 11 is 1.54. The Morgan fingerprint density at radius 2 is 1.78 bits per heavy atom. The van der Waals surface area contributed by atoms with Crippen LogP contribution in [0.5, 0.6) is 17.2 Å². The van der Waals surface area contributed by atoms with E-state index in [4.69, 9.17) is 19.3 Å². The molecule has 1 atom stereocenters. The first kappa shape index (κ1) is 22.1. The molecule has 1 aliphatic rings. The number of carbonyl (C=O) groups is 1. The Morgan fingerprint density at radius 3 is 2.41 bits per heavy atom. The van der Waals surface area contributed by atoms with E-state index >= 15 is 0 Å². The molecular weight excluding hydrogens is 426 g/mol. The number of amides is 1. The lowest BCUT2D eigenvalue weighted by Gasteiger charge is -2.21. The molecule has 0 saturated heterocycles. The van der Waals surface area contributed by atoms with Crippen molar-refractivity contribution in [2.24, 2.45) is 0 Å². The molecule has 32 heavy (non-hydrogen) atoms. The van der Waals surface area contributed by atoms with E-state index in [-0.39, 0.29) is 11.2 Å². The molecule has 0 unspecified atom stereocenters. The minimum Gasteiger partial charge on any atom is -0.493 e. The number of anilines is 1. The van der Waals surface area contributed by atoms with Gasteiger partial charge in [0.1, 0.15) is 5.82 Å². The van der Waals surface area contributed by atoms with Crippen molar-refractivity contribution in [2.75, 3.05) is 32.4 Å². The van der Waals surface area contributed by atoms with E-state index in [1.165, 1.54) is 17.3 Å². The molecule has 168 valence electrons. The van der Waals surface area contributed by atoms with Crippen LogP contribution in [0.2, 0.25) is 0 Å². The molecule has 1 amide bonds. The maximum absolute atomic E-state index is 12.6. The summed E-state index contributed by atoms with van der Waals surface area (Å²) in [6, 6.07) is 12.1. The number of nitrogens with one attached hydrogen (secondary N) is 1. The summed E-state index contributed by atoms with van der Waals surface area (Å²) in [5.74, 6) is 2.63. The molecule has 1 aromatic heterocycles. The van der Waals surface area contributed by atoms with Gasteiger partial charge in [0.15, 0.2) is 11.5 Å². The molecule has 4 rings (SSSR count). The van der Waals surface area contributed by atoms with Crippen molar-refractivity contribution in [3.8, 4) is 22.9 Å². The molecular formula is C24H27N3O4S. The topological polar surface area (TPSA) is 74.6 Å². The summed E-state index contributed by atoms with van der Waals surface area (Å²) in [6.45, 7) is 4.09. The van der Waals surface area contributed by atoms with Crippen LogP contribution >= 0.6 is 11.8 Å². The number of aromatic nitrogens is 2. The van der Waals surface area contributed by atoms with Crippen molar-refractivity contribution < 1.29 is 19.0 Å². The van der Waals surface area contributed by atoms with Crippen molar-refractivity contribution >= 4 is 23.5 Å². The second kappa shape index (κ2) is 9.16. The Bertz CT molecular complexity index is 1140. The van der Waals surface area contributed by atoms with E-state index in [2.05, 4.69) is 24.4 Å². The van der Waals surface area contributed by atoms with Crippen LogP contribution in [0.25, 0.3) is 5.69 Å². The third kappa shape index (κ3) is 3.79. The van der Waals surface area contributed by atoms with Crippen LogP contribution in [0.4, 0.5) is 5.82 Å². The zero-order chi connectivity index (χ0) is 22.8. The predicted octanol–water partition coefficient (Wildman–Crippen LogP) is 4.54. The molecule has 1 aliphatic heterocycles. The Morgan fingerprint density at radius 1 is 1.06 bits per heavy atom. The summed E-state index contributed by atoms with van der Waals surface area (Å²) in [6.07, 6.45) is 0.963. The van der Waals surface area contributed by atoms with E-state index in [1.54, 1.807) is 21.3 Å². The maximum atomic E-state index is 12.6. The summed E-state index contributed by atoms with van der Waals surface area (Å²) in [4.78, 5) is 12.6. The Balaban J connectivity index is 1.90. The SMILES string of the molecule is CCc1ccc(-n2nc(C)c3c2NC(=O)CS[C@@H]3c2ccc(OC)c(OC)c2OC)cc1. The Labute approximate surface area is 192 Å². The van der Waals surface area contributed by atoms with Gasteiger partial charge in [0.25, 0.3) is 0 Å². The molecule has 1 N–H and O–H groups in total. The molecule has 0 fully saturated rings. The fraction of sp³-hybridized carbons (Fsp3) is 0.333. The second-order valence-electron chi connectivity index (χ2n) is 7.44. The average Bonchev–Trinajstić information content (AvgIpc) is 3.02. The van der Waals surface area contributed by atoms with E-state index in [0.29, 0.717) is 28.8 Å². The lowest BCUT2D eigenvalue weighted by molar-refractivity contribution is -0.113. The fourth-order valence-corrected chi connectivity index (χ4v) is 5.22. The van der Waals surface area contributed by atoms with Crippen molar-refractivity contribution in [3.05, 3.63) is 58.8 Å². The summed E-state index contributed by atoms with van der Waals surface area (Å²) in [5, 5.41) is 7.69. The van der Waals surface area contributed by atoms with Gasteiger partial charge in [0.2, 0.25) is 11.7 Å². The molecule has 0 spiro atoms. The number of carbonyl (C=O) groups excluding carboxylic acids is 1. The van der Waals surface area contributed by atoms with Crippen LogP contribution < -0.4 is 19.5 Å². The lowest BCUT2D eigenvalue weighted by atomic mass is 10.0. The van der Waals surface area contributed by atoms with Crippen molar-refractivity contribution in [1.82, 2.24) is 9.78 Å². The van der Waals surface area contributed by atoms with Gasteiger partial charge in [-0.15, -0.1) is 11.8 Å². The second-order valence-corrected chi connectivity index (χ2v) is 8.54. The van der Waals surface area contributed by atoms with E-state index in [9.17, 15) is 4.79 Å². The molecule has 2 aromatic carbocycles. The summed E-state index contributed by atoms with van der Waals surface area (Å²) in [5.41, 5.74) is 4.84. The third-order valence-electron chi connectivity index (χ3n) is 5.61. The van der Waals surface area contributed by atoms with Crippen molar-refractivity contribution in [2.45, 2.75) is 25.5 Å². The number of nitrogens with zero attached hydrogens (tertiary/aromatic N) is 2. The monoisotopic (exact) mass is 453 g/mol. The van der Waals surface area contributed by atoms with E-state index in [0.717, 1.165) is 28.9 Å². The number of benzene rings is 2. The summed E-state index contributed by atoms with van der Waals surface area (Å²) < 4.78 is 18.6. The number of ether oxygens (including phenoxy) is 3. The van der Waals surface area contributed by atoms with Crippen LogP contribution in [0.15, 0.2) is 36.4 Å². The largest absolute Gasteiger partial charge is 0.493 e. The van der Waals surface area contributed by atoms with Gasteiger partial charge in [-0.2, -0.15) is 5.10 Å². The third-order valence-corrected chi connectivity index (χ3v) is 6.87. The first-order valence-corrected chi connectivity index (χ1v) is 11.5. The Kier molecular flexibility index (Phi) is 6.32. The predicted molar refractivity (Wildman–Crippen MR) is 127 cm³/mol. The van der Waals surface area contributed by atoms with Gasteiger partial charge in [-0.3, -0.25) is 4.79 Å². The van der Waals surface area contributed by atoms with Gasteiger partial charge >= 0.3 is 0 Å². The van der Waals surface area contributed by atoms with Crippen LogP contribution in [-0.4, -0.2) is 42.8 Å². The highest BCUT2D eigenvalue weighted by Gasteiger charge is 2.33. The van der Waals surface area contributed by atoms with Crippen LogP contribution in [0.1, 0.15) is 34.6 Å². The van der Waals surface area contributed by atoms with Gasteiger partial charge in [0, 0.05) is 11.1 Å². The molecule has 3 aromatic rings. The highest BCUT2D eigenvalue weighted by atomic mass is 32.2. The van der Waals surface area contributed by atoms with Gasteiger partial charge < -0.3 is 19.5 Å². The maximum Gasteiger partial charge on any atom is 0.235 e. The highest BCUT2D eigenvalue weighted by molar-refractivity contribution is 8.00. The van der Waals surface area contributed by atoms with Gasteiger partial charge in [-0.25, -0.2) is 4.68 Å². The molecule has 0 aliphatic carbocycles. The standard InChI is InChI=1S/C24H27N3O4S/c1-6-15-7-9-16(10-8-15)27-24-20(14(2)26-27)23(32-13-19(28)25-24)17-11-12-18(29-3)22(31-5)21(17)30-4/h7-12,23H,6,13H2,1-5H3,(H,25,28)/t23-/m1/s1. The molecule has 0 saturated carbocycles. The molecule has 8 heteroatoms. The fourth-order valence-electron chi connectivity index (χ4n) is 4.02. The average molecular weight is 454 g/mol. The number of hydrogen-bond donors (Lipinski definition) is 1. The number of thioether (sulfide) groups is 1. The smallest absolute Gasteiger partial charge is 0.235 e. The van der Waals surface area contributed by atoms with Gasteiger partial charge in [0.05, 0.1) is 43.7 Å². The molecule has 7 nitrogen and oxygen atoms in total. The number of aryl methyl sites for hydroxylation is 2. The Hall–Kier alpha value is -3.13. The number of fused-ring (bicyclic) bond motifs is 1. The quantitative estimate of drug-likeness (QED) is 0.591. The van der Waals surface area contributed by atoms with Gasteiger partial charge in [-0.05, 0) is 43.2 Å². The minimum atomic E-state index is -0.178. The normalized spacial score (nSPS) is 15.5. The molecule has 2 heterocycles. The highest BCUT2D eigenvalue weighted by Crippen LogP contribution is 2.50. The van der Waals surface area contributed by atoms with E-state index < -0.39 is 0 Å². The minimum absolute atomic E-state index is 0.0653. The van der Waals surface area contributed by atoms with Crippen LogP contribution in [-0.2, 0) is 11.2 Å². The van der Waals surface area contributed by atoms with Gasteiger partial charge in [-0.1, -0.05) is 19.1 Å². The number of hydrogen-bond acceptors (Lipinski definition) is 6. The van der Waals surface area contributed by atoms with E-state index in [1.807, 2.05) is 35.9 Å². The zero-order valence-electron chi connectivity index (χ0n) is 18.9. The van der Waals surface area contributed by atoms with Crippen molar-refractivity contribution in [1.29, 1.82) is 0 Å². The van der Waals surface area contributed by atoms with Crippen LogP contribution in [0, 0.1) is 6.92 Å². The molecule has 0 radical (unpaired) electrons. The first-order chi connectivity index (χ1) is 15.5. The number of methoxy groups -OCH3 is 3.